The van der Waals surface area contributed by atoms with Crippen molar-refractivity contribution in [3.63, 3.8) is 0 Å². The summed E-state index contributed by atoms with van der Waals surface area (Å²) < 4.78 is 0. The molecule has 2 rings (SSSR count). The summed E-state index contributed by atoms with van der Waals surface area (Å²) in [6.07, 6.45) is 0.519. The van der Waals surface area contributed by atoms with E-state index < -0.39 is 11.9 Å². The summed E-state index contributed by atoms with van der Waals surface area (Å²) in [4.78, 5) is 36.6. The second-order valence-electron chi connectivity index (χ2n) is 7.25. The van der Waals surface area contributed by atoms with Gasteiger partial charge in [-0.15, -0.1) is 0 Å². The van der Waals surface area contributed by atoms with Gasteiger partial charge in [0.25, 0.3) is 5.91 Å². The Hall–Kier alpha value is -3.15. The minimum atomic E-state index is -0.647. The largest absolute Gasteiger partial charge is 0.366 e. The van der Waals surface area contributed by atoms with E-state index in [1.165, 1.54) is 0 Å². The molecule has 6 nitrogen and oxygen atoms in total. The van der Waals surface area contributed by atoms with Gasteiger partial charge in [-0.3, -0.25) is 14.4 Å². The lowest BCUT2D eigenvalue weighted by Gasteiger charge is -2.21. The zero-order chi connectivity index (χ0) is 20.7. The number of hydrogen-bond donors (Lipinski definition) is 3. The van der Waals surface area contributed by atoms with E-state index in [0.29, 0.717) is 17.5 Å². The van der Waals surface area contributed by atoms with Crippen LogP contribution in [0.1, 0.15) is 52.1 Å². The van der Waals surface area contributed by atoms with E-state index >= 15 is 0 Å². The summed E-state index contributed by atoms with van der Waals surface area (Å²) in [7, 11) is 0. The third-order valence-electron chi connectivity index (χ3n) is 4.40. The SMILES string of the molecule is Cc1ccccc1C(=O)NC(CC(C)C)C(=O)NCc1cccc(C(N)=O)c1. The van der Waals surface area contributed by atoms with Crippen LogP contribution in [0.2, 0.25) is 0 Å². The van der Waals surface area contributed by atoms with Crippen molar-refractivity contribution in [2.75, 3.05) is 0 Å². The molecule has 2 aromatic carbocycles. The lowest BCUT2D eigenvalue weighted by atomic mass is 10.0. The standard InChI is InChI=1S/C22H27N3O3/c1-14(2)11-19(25-21(27)18-10-5-4-7-15(18)3)22(28)24-13-16-8-6-9-17(12-16)20(23)26/h4-10,12,14,19H,11,13H2,1-3H3,(H2,23,26)(H,24,28)(H,25,27). The Labute approximate surface area is 165 Å². The van der Waals surface area contributed by atoms with Crippen LogP contribution in [0.4, 0.5) is 0 Å². The fraction of sp³-hybridized carbons (Fsp3) is 0.318. The average molecular weight is 381 g/mol. The molecule has 0 aliphatic heterocycles. The number of amides is 3. The van der Waals surface area contributed by atoms with Crippen LogP contribution in [0.3, 0.4) is 0 Å². The van der Waals surface area contributed by atoms with Crippen LogP contribution in [0.5, 0.6) is 0 Å². The molecule has 1 atom stereocenters. The highest BCUT2D eigenvalue weighted by atomic mass is 16.2. The van der Waals surface area contributed by atoms with Crippen molar-refractivity contribution in [1.82, 2.24) is 10.6 Å². The molecule has 0 fully saturated rings. The minimum Gasteiger partial charge on any atom is -0.366 e. The number of hydrogen-bond acceptors (Lipinski definition) is 3. The van der Waals surface area contributed by atoms with Crippen LogP contribution in [-0.4, -0.2) is 23.8 Å². The molecule has 0 saturated heterocycles. The zero-order valence-corrected chi connectivity index (χ0v) is 16.5. The summed E-state index contributed by atoms with van der Waals surface area (Å²) in [6, 6.07) is 13.4. The molecule has 0 bridgehead atoms. The van der Waals surface area contributed by atoms with Crippen LogP contribution in [0.15, 0.2) is 48.5 Å². The summed E-state index contributed by atoms with van der Waals surface area (Å²) in [5.74, 6) is -0.822. The molecule has 1 unspecified atom stereocenters. The van der Waals surface area contributed by atoms with Gasteiger partial charge < -0.3 is 16.4 Å². The van der Waals surface area contributed by atoms with Gasteiger partial charge in [-0.2, -0.15) is 0 Å². The third-order valence-corrected chi connectivity index (χ3v) is 4.40. The highest BCUT2D eigenvalue weighted by Gasteiger charge is 2.23. The Bertz CT molecular complexity index is 862. The molecule has 4 N–H and O–H groups in total. The lowest BCUT2D eigenvalue weighted by molar-refractivity contribution is -0.123. The molecule has 3 amide bonds. The fourth-order valence-corrected chi connectivity index (χ4v) is 2.91. The first-order valence-corrected chi connectivity index (χ1v) is 9.31. The van der Waals surface area contributed by atoms with Gasteiger partial charge in [0.15, 0.2) is 0 Å². The Balaban J connectivity index is 2.06. The lowest BCUT2D eigenvalue weighted by Crippen LogP contribution is -2.47. The van der Waals surface area contributed by atoms with Crippen molar-refractivity contribution in [1.29, 1.82) is 0 Å². The molecule has 2 aromatic rings. The number of carbonyl (C=O) groups is 3. The third kappa shape index (κ3) is 5.94. The van der Waals surface area contributed by atoms with Crippen molar-refractivity contribution in [3.05, 3.63) is 70.8 Å². The zero-order valence-electron chi connectivity index (χ0n) is 16.5. The number of aryl methyl sites for hydroxylation is 1. The van der Waals surface area contributed by atoms with Gasteiger partial charge in [-0.25, -0.2) is 0 Å². The molecule has 0 radical (unpaired) electrons. The van der Waals surface area contributed by atoms with E-state index in [1.54, 1.807) is 36.4 Å². The monoisotopic (exact) mass is 381 g/mol. The van der Waals surface area contributed by atoms with Gasteiger partial charge in [-0.05, 0) is 48.6 Å². The molecule has 0 saturated carbocycles. The van der Waals surface area contributed by atoms with E-state index in [4.69, 9.17) is 5.73 Å². The summed E-state index contributed by atoms with van der Waals surface area (Å²) in [5.41, 5.74) is 7.85. The molecule has 0 spiro atoms. The molecule has 0 aliphatic carbocycles. The Morgan fingerprint density at radius 2 is 1.75 bits per heavy atom. The molecule has 0 aliphatic rings. The number of nitrogens with one attached hydrogen (secondary N) is 2. The Kier molecular flexibility index (Phi) is 7.32. The van der Waals surface area contributed by atoms with Gasteiger partial charge in [0, 0.05) is 17.7 Å². The normalized spacial score (nSPS) is 11.7. The van der Waals surface area contributed by atoms with Gasteiger partial charge in [0.1, 0.15) is 6.04 Å². The van der Waals surface area contributed by atoms with Crippen molar-refractivity contribution in [3.8, 4) is 0 Å². The van der Waals surface area contributed by atoms with Gasteiger partial charge in [0.05, 0.1) is 0 Å². The number of nitrogens with two attached hydrogens (primary N) is 1. The molecule has 148 valence electrons. The first-order valence-electron chi connectivity index (χ1n) is 9.31. The molecule has 28 heavy (non-hydrogen) atoms. The number of benzene rings is 2. The summed E-state index contributed by atoms with van der Waals surface area (Å²) in [6.45, 7) is 6.10. The number of primary amides is 1. The van der Waals surface area contributed by atoms with Crippen molar-refractivity contribution in [2.45, 2.75) is 39.8 Å². The van der Waals surface area contributed by atoms with E-state index in [2.05, 4.69) is 10.6 Å². The van der Waals surface area contributed by atoms with E-state index in [-0.39, 0.29) is 24.3 Å². The van der Waals surface area contributed by atoms with Crippen LogP contribution >= 0.6 is 0 Å². The predicted molar refractivity (Wildman–Crippen MR) is 109 cm³/mol. The fourth-order valence-electron chi connectivity index (χ4n) is 2.91. The number of rotatable bonds is 8. The molecular formula is C22H27N3O3. The highest BCUT2D eigenvalue weighted by Crippen LogP contribution is 2.11. The maximum Gasteiger partial charge on any atom is 0.252 e. The molecular weight excluding hydrogens is 354 g/mol. The smallest absolute Gasteiger partial charge is 0.252 e. The molecule has 6 heteroatoms. The molecule has 0 heterocycles. The quantitative estimate of drug-likeness (QED) is 0.655. The minimum absolute atomic E-state index is 0.228. The van der Waals surface area contributed by atoms with E-state index in [1.807, 2.05) is 32.9 Å². The van der Waals surface area contributed by atoms with Crippen LogP contribution in [0.25, 0.3) is 0 Å². The second kappa shape index (κ2) is 9.69. The highest BCUT2D eigenvalue weighted by molar-refractivity contribution is 5.98. The first kappa shape index (κ1) is 21.2. The maximum atomic E-state index is 12.7. The van der Waals surface area contributed by atoms with Crippen molar-refractivity contribution in [2.24, 2.45) is 11.7 Å². The van der Waals surface area contributed by atoms with Crippen molar-refractivity contribution < 1.29 is 14.4 Å². The average Bonchev–Trinajstić information content (AvgIpc) is 2.65. The topological polar surface area (TPSA) is 101 Å². The first-order chi connectivity index (χ1) is 13.3. The second-order valence-corrected chi connectivity index (χ2v) is 7.25. The Morgan fingerprint density at radius 3 is 2.39 bits per heavy atom. The summed E-state index contributed by atoms with van der Waals surface area (Å²) >= 11 is 0. The Morgan fingerprint density at radius 1 is 1.04 bits per heavy atom. The molecule has 0 aromatic heterocycles. The predicted octanol–water partition coefficient (Wildman–Crippen LogP) is 2.55. The van der Waals surface area contributed by atoms with Crippen LogP contribution < -0.4 is 16.4 Å². The number of carbonyl (C=O) groups excluding carboxylic acids is 3. The van der Waals surface area contributed by atoms with Gasteiger partial charge in [0.2, 0.25) is 11.8 Å². The van der Waals surface area contributed by atoms with Gasteiger partial charge >= 0.3 is 0 Å². The van der Waals surface area contributed by atoms with Crippen LogP contribution in [-0.2, 0) is 11.3 Å². The summed E-state index contributed by atoms with van der Waals surface area (Å²) in [5, 5.41) is 5.68. The van der Waals surface area contributed by atoms with Crippen molar-refractivity contribution >= 4 is 17.7 Å². The van der Waals surface area contributed by atoms with Gasteiger partial charge in [-0.1, -0.05) is 44.2 Å². The van der Waals surface area contributed by atoms with E-state index in [0.717, 1.165) is 11.1 Å². The van der Waals surface area contributed by atoms with E-state index in [9.17, 15) is 14.4 Å². The van der Waals surface area contributed by atoms with Crippen LogP contribution in [0, 0.1) is 12.8 Å². The maximum absolute atomic E-state index is 12.7.